The van der Waals surface area contributed by atoms with Crippen molar-refractivity contribution in [2.24, 2.45) is 4.99 Å². The molecule has 3 rings (SSSR count). The minimum absolute atomic E-state index is 0.00312. The van der Waals surface area contributed by atoms with Crippen LogP contribution in [0.4, 0.5) is 5.82 Å². The molecule has 0 amide bonds. The first-order chi connectivity index (χ1) is 13.1. The number of guanidine groups is 1. The highest BCUT2D eigenvalue weighted by Gasteiger charge is 2.14. The van der Waals surface area contributed by atoms with Gasteiger partial charge in [-0.25, -0.2) is 4.98 Å². The smallest absolute Gasteiger partial charge is 0.191 e. The first kappa shape index (κ1) is 19.8. The van der Waals surface area contributed by atoms with Crippen molar-refractivity contribution < 1.29 is 0 Å². The number of aliphatic imine (C=N–C) groups is 1. The van der Waals surface area contributed by atoms with Gasteiger partial charge in [-0.05, 0) is 49.1 Å². The highest BCUT2D eigenvalue weighted by atomic mass is 35.5. The SMILES string of the molecule is CN=C(NCc1ccc(N2CCCC2)nc1)NC(C)c1ccc(Cl)cc1Cl. The van der Waals surface area contributed by atoms with E-state index in [0.717, 1.165) is 30.0 Å². The lowest BCUT2D eigenvalue weighted by Crippen LogP contribution is -2.38. The molecule has 27 heavy (non-hydrogen) atoms. The zero-order chi connectivity index (χ0) is 19.2. The van der Waals surface area contributed by atoms with E-state index in [-0.39, 0.29) is 6.04 Å². The van der Waals surface area contributed by atoms with Gasteiger partial charge in [0.1, 0.15) is 5.82 Å². The summed E-state index contributed by atoms with van der Waals surface area (Å²) in [6.07, 6.45) is 4.43. The minimum atomic E-state index is -0.00312. The third-order valence-electron chi connectivity index (χ3n) is 4.70. The van der Waals surface area contributed by atoms with Crippen LogP contribution in [0.3, 0.4) is 0 Å². The molecule has 1 atom stereocenters. The summed E-state index contributed by atoms with van der Waals surface area (Å²) in [5.74, 6) is 1.77. The first-order valence-corrected chi connectivity index (χ1v) is 9.94. The van der Waals surface area contributed by atoms with Crippen molar-refractivity contribution in [1.82, 2.24) is 15.6 Å². The van der Waals surface area contributed by atoms with Crippen LogP contribution >= 0.6 is 23.2 Å². The molecule has 0 radical (unpaired) electrons. The van der Waals surface area contributed by atoms with Gasteiger partial charge < -0.3 is 15.5 Å². The summed E-state index contributed by atoms with van der Waals surface area (Å²) in [4.78, 5) is 11.2. The number of halogens is 2. The van der Waals surface area contributed by atoms with E-state index in [4.69, 9.17) is 23.2 Å². The largest absolute Gasteiger partial charge is 0.357 e. The second kappa shape index (κ2) is 9.29. The molecule has 1 aliphatic rings. The maximum absolute atomic E-state index is 6.30. The average Bonchev–Trinajstić information content (AvgIpc) is 3.20. The summed E-state index contributed by atoms with van der Waals surface area (Å²) in [5, 5.41) is 7.94. The summed E-state index contributed by atoms with van der Waals surface area (Å²) in [7, 11) is 1.75. The van der Waals surface area contributed by atoms with Crippen LogP contribution in [-0.2, 0) is 6.54 Å². The van der Waals surface area contributed by atoms with Crippen LogP contribution in [0.1, 0.15) is 36.9 Å². The fourth-order valence-electron chi connectivity index (χ4n) is 3.17. The van der Waals surface area contributed by atoms with E-state index < -0.39 is 0 Å². The summed E-state index contributed by atoms with van der Waals surface area (Å²) >= 11 is 12.3. The second-order valence-electron chi connectivity index (χ2n) is 6.68. The number of hydrogen-bond acceptors (Lipinski definition) is 3. The lowest BCUT2D eigenvalue weighted by atomic mass is 10.1. The summed E-state index contributed by atoms with van der Waals surface area (Å²) in [6, 6.07) is 9.72. The topological polar surface area (TPSA) is 52.6 Å². The Labute approximate surface area is 170 Å². The molecular formula is C20H25Cl2N5. The molecule has 1 aromatic carbocycles. The number of aromatic nitrogens is 1. The first-order valence-electron chi connectivity index (χ1n) is 9.19. The van der Waals surface area contributed by atoms with Crippen LogP contribution in [0.5, 0.6) is 0 Å². The number of hydrogen-bond donors (Lipinski definition) is 2. The maximum Gasteiger partial charge on any atom is 0.191 e. The quantitative estimate of drug-likeness (QED) is 0.570. The molecule has 0 bridgehead atoms. The van der Waals surface area contributed by atoms with Crippen molar-refractivity contribution in [3.8, 4) is 0 Å². The third kappa shape index (κ3) is 5.27. The molecule has 2 aromatic rings. The molecular weight excluding hydrogens is 381 g/mol. The van der Waals surface area contributed by atoms with Crippen LogP contribution in [0.25, 0.3) is 0 Å². The number of nitrogens with one attached hydrogen (secondary N) is 2. The summed E-state index contributed by atoms with van der Waals surface area (Å²) in [5.41, 5.74) is 2.08. The van der Waals surface area contributed by atoms with Gasteiger partial charge in [0, 0.05) is 42.9 Å². The summed E-state index contributed by atoms with van der Waals surface area (Å²) in [6.45, 7) is 4.89. The average molecular weight is 406 g/mol. The van der Waals surface area contributed by atoms with Gasteiger partial charge in [-0.3, -0.25) is 4.99 Å². The monoisotopic (exact) mass is 405 g/mol. The van der Waals surface area contributed by atoms with Gasteiger partial charge in [0.2, 0.25) is 0 Å². The molecule has 1 aromatic heterocycles. The lowest BCUT2D eigenvalue weighted by Gasteiger charge is -2.20. The number of nitrogens with zero attached hydrogens (tertiary/aromatic N) is 3. The Morgan fingerprint density at radius 1 is 1.22 bits per heavy atom. The van der Waals surface area contributed by atoms with E-state index in [1.807, 2.05) is 25.3 Å². The second-order valence-corrected chi connectivity index (χ2v) is 7.52. The normalized spacial score (nSPS) is 15.7. The highest BCUT2D eigenvalue weighted by Crippen LogP contribution is 2.26. The molecule has 2 heterocycles. The molecule has 0 spiro atoms. The Hall–Kier alpha value is -1.98. The van der Waals surface area contributed by atoms with Gasteiger partial charge in [-0.2, -0.15) is 0 Å². The number of pyridine rings is 1. The number of rotatable bonds is 5. The Morgan fingerprint density at radius 2 is 2.00 bits per heavy atom. The zero-order valence-corrected chi connectivity index (χ0v) is 17.2. The molecule has 1 fully saturated rings. The van der Waals surface area contributed by atoms with Gasteiger partial charge in [-0.15, -0.1) is 0 Å². The van der Waals surface area contributed by atoms with E-state index >= 15 is 0 Å². The fraction of sp³-hybridized carbons (Fsp3) is 0.400. The third-order valence-corrected chi connectivity index (χ3v) is 5.27. The highest BCUT2D eigenvalue weighted by molar-refractivity contribution is 6.35. The number of benzene rings is 1. The molecule has 0 saturated carbocycles. The van der Waals surface area contributed by atoms with Gasteiger partial charge >= 0.3 is 0 Å². The molecule has 5 nitrogen and oxygen atoms in total. The van der Waals surface area contributed by atoms with E-state index in [2.05, 4.69) is 37.6 Å². The van der Waals surface area contributed by atoms with Gasteiger partial charge in [0.15, 0.2) is 5.96 Å². The molecule has 0 aliphatic carbocycles. The molecule has 1 aliphatic heterocycles. The Balaban J connectivity index is 1.55. The van der Waals surface area contributed by atoms with Crippen LogP contribution in [0, 0.1) is 0 Å². The lowest BCUT2D eigenvalue weighted by molar-refractivity contribution is 0.685. The summed E-state index contributed by atoms with van der Waals surface area (Å²) < 4.78 is 0. The van der Waals surface area contributed by atoms with E-state index in [9.17, 15) is 0 Å². The van der Waals surface area contributed by atoms with Crippen molar-refractivity contribution in [3.63, 3.8) is 0 Å². The van der Waals surface area contributed by atoms with E-state index in [1.165, 1.54) is 12.8 Å². The molecule has 1 unspecified atom stereocenters. The Bertz CT molecular complexity index is 785. The van der Waals surface area contributed by atoms with Crippen LogP contribution in [-0.4, -0.2) is 31.1 Å². The predicted molar refractivity (Wildman–Crippen MR) is 114 cm³/mol. The number of anilines is 1. The van der Waals surface area contributed by atoms with Crippen molar-refractivity contribution >= 4 is 35.0 Å². The van der Waals surface area contributed by atoms with Crippen molar-refractivity contribution in [1.29, 1.82) is 0 Å². The Kier molecular flexibility index (Phi) is 6.80. The molecule has 1 saturated heterocycles. The maximum atomic E-state index is 6.30. The molecule has 7 heteroatoms. The standard InChI is InChI=1S/C20H25Cl2N5/c1-14(17-7-6-16(21)11-18(17)22)26-20(23-2)25-13-15-5-8-19(24-12-15)27-9-3-4-10-27/h5-8,11-12,14H,3-4,9-10,13H2,1-2H3,(H2,23,25,26). The molecule has 144 valence electrons. The fourth-order valence-corrected chi connectivity index (χ4v) is 3.74. The van der Waals surface area contributed by atoms with Gasteiger partial charge in [-0.1, -0.05) is 35.3 Å². The zero-order valence-electron chi connectivity index (χ0n) is 15.7. The van der Waals surface area contributed by atoms with Crippen molar-refractivity contribution in [2.75, 3.05) is 25.0 Å². The van der Waals surface area contributed by atoms with Gasteiger partial charge in [0.05, 0.1) is 6.04 Å². The van der Waals surface area contributed by atoms with Crippen molar-refractivity contribution in [2.45, 2.75) is 32.4 Å². The minimum Gasteiger partial charge on any atom is -0.357 e. The Morgan fingerprint density at radius 3 is 2.63 bits per heavy atom. The van der Waals surface area contributed by atoms with Crippen LogP contribution in [0.15, 0.2) is 41.5 Å². The van der Waals surface area contributed by atoms with E-state index in [0.29, 0.717) is 22.5 Å². The van der Waals surface area contributed by atoms with Crippen molar-refractivity contribution in [3.05, 3.63) is 57.7 Å². The van der Waals surface area contributed by atoms with Crippen LogP contribution < -0.4 is 15.5 Å². The predicted octanol–water partition coefficient (Wildman–Crippen LogP) is 4.41. The van der Waals surface area contributed by atoms with E-state index in [1.54, 1.807) is 13.1 Å². The van der Waals surface area contributed by atoms with Crippen LogP contribution in [0.2, 0.25) is 10.0 Å². The van der Waals surface area contributed by atoms with Gasteiger partial charge in [0.25, 0.3) is 0 Å². The molecule has 2 N–H and O–H groups in total.